The van der Waals surface area contributed by atoms with Crippen molar-refractivity contribution in [2.24, 2.45) is 5.92 Å². The predicted molar refractivity (Wildman–Crippen MR) is 116 cm³/mol. The van der Waals surface area contributed by atoms with Gasteiger partial charge in [-0.1, -0.05) is 43.7 Å². The van der Waals surface area contributed by atoms with E-state index in [1.165, 1.54) is 32.4 Å². The van der Waals surface area contributed by atoms with E-state index in [9.17, 15) is 18.3 Å². The first-order valence-corrected chi connectivity index (χ1v) is 11.6. The number of benzene rings is 2. The predicted octanol–water partition coefficient (Wildman–Crippen LogP) is 4.37. The number of carbonyl (C=O) groups is 1. The van der Waals surface area contributed by atoms with Crippen molar-refractivity contribution >= 4 is 15.8 Å². The van der Waals surface area contributed by atoms with Crippen LogP contribution in [0.25, 0.3) is 0 Å². The maximum Gasteiger partial charge on any atom is 0.307 e. The molecule has 2 aromatic rings. The van der Waals surface area contributed by atoms with Gasteiger partial charge in [-0.25, -0.2) is 8.42 Å². The van der Waals surface area contributed by atoms with Crippen LogP contribution in [0.1, 0.15) is 38.2 Å². The number of hydrogen-bond acceptors (Lipinski definition) is 5. The first-order chi connectivity index (χ1) is 14.3. The number of aryl methyl sites for hydroxylation is 1. The van der Waals surface area contributed by atoms with Gasteiger partial charge in [-0.3, -0.25) is 4.79 Å². The van der Waals surface area contributed by atoms with Gasteiger partial charge in [0.05, 0.1) is 30.3 Å². The largest absolute Gasteiger partial charge is 0.493 e. The number of methoxy groups -OCH3 is 2. The minimum Gasteiger partial charge on any atom is -0.493 e. The van der Waals surface area contributed by atoms with Crippen molar-refractivity contribution in [3.8, 4) is 11.5 Å². The van der Waals surface area contributed by atoms with Crippen LogP contribution in [0.4, 0.5) is 0 Å². The van der Waals surface area contributed by atoms with Crippen molar-refractivity contribution in [1.29, 1.82) is 0 Å². The maximum atomic E-state index is 13.4. The fourth-order valence-electron chi connectivity index (χ4n) is 3.66. The molecule has 0 fully saturated rings. The second kappa shape index (κ2) is 11.0. The van der Waals surface area contributed by atoms with Gasteiger partial charge in [-0.2, -0.15) is 0 Å². The van der Waals surface area contributed by atoms with Crippen LogP contribution in [0, 0.1) is 5.92 Å². The van der Waals surface area contributed by atoms with Gasteiger partial charge < -0.3 is 14.6 Å². The molecule has 6 nitrogen and oxygen atoms in total. The van der Waals surface area contributed by atoms with Gasteiger partial charge in [0.1, 0.15) is 0 Å². The van der Waals surface area contributed by atoms with Crippen molar-refractivity contribution < 1.29 is 27.8 Å². The normalized spacial score (nSPS) is 13.4. The lowest BCUT2D eigenvalue weighted by atomic mass is 9.94. The van der Waals surface area contributed by atoms with E-state index in [2.05, 4.69) is 0 Å². The fraction of sp³-hybridized carbons (Fsp3) is 0.435. The van der Waals surface area contributed by atoms with Crippen LogP contribution in [0.3, 0.4) is 0 Å². The van der Waals surface area contributed by atoms with E-state index in [1.54, 1.807) is 0 Å². The van der Waals surface area contributed by atoms with Gasteiger partial charge in [0.15, 0.2) is 21.3 Å². The molecule has 2 rings (SSSR count). The minimum atomic E-state index is -3.88. The smallest absolute Gasteiger partial charge is 0.307 e. The van der Waals surface area contributed by atoms with Crippen LogP contribution in [-0.2, 0) is 21.1 Å². The van der Waals surface area contributed by atoms with Crippen LogP contribution in [0.5, 0.6) is 11.5 Å². The number of aliphatic carboxylic acids is 1. The minimum absolute atomic E-state index is 0.0490. The lowest BCUT2D eigenvalue weighted by molar-refractivity contribution is -0.142. The molecule has 164 valence electrons. The highest BCUT2D eigenvalue weighted by atomic mass is 32.2. The molecule has 2 atom stereocenters. The van der Waals surface area contributed by atoms with Crippen molar-refractivity contribution in [3.05, 3.63) is 54.1 Å². The molecule has 0 bridgehead atoms. The van der Waals surface area contributed by atoms with Crippen LogP contribution >= 0.6 is 0 Å². The molecule has 0 aliphatic heterocycles. The summed E-state index contributed by atoms with van der Waals surface area (Å²) in [6.07, 6.45) is 2.45. The van der Waals surface area contributed by atoms with Gasteiger partial charge >= 0.3 is 5.97 Å². The van der Waals surface area contributed by atoms with E-state index in [4.69, 9.17) is 9.47 Å². The number of carboxylic acid groups (broad SMARTS) is 1. The Morgan fingerprint density at radius 1 is 1.00 bits per heavy atom. The third kappa shape index (κ3) is 5.75. The molecule has 0 aliphatic carbocycles. The Morgan fingerprint density at radius 2 is 1.67 bits per heavy atom. The molecule has 0 aromatic heterocycles. The van der Waals surface area contributed by atoms with Gasteiger partial charge in [0.25, 0.3) is 0 Å². The summed E-state index contributed by atoms with van der Waals surface area (Å²) in [4.78, 5) is 12.1. The number of sulfone groups is 1. The molecule has 1 N–H and O–H groups in total. The average Bonchev–Trinajstić information content (AvgIpc) is 2.75. The zero-order chi connectivity index (χ0) is 22.1. The molecular weight excluding hydrogens is 404 g/mol. The molecule has 7 heteroatoms. The summed E-state index contributed by atoms with van der Waals surface area (Å²) >= 11 is 0. The van der Waals surface area contributed by atoms with E-state index < -0.39 is 27.0 Å². The molecule has 0 aliphatic rings. The van der Waals surface area contributed by atoms with Crippen molar-refractivity contribution in [3.63, 3.8) is 0 Å². The van der Waals surface area contributed by atoms with E-state index in [0.717, 1.165) is 5.56 Å². The fourth-order valence-corrected chi connectivity index (χ4v) is 5.77. The van der Waals surface area contributed by atoms with Gasteiger partial charge in [-0.15, -0.1) is 0 Å². The second-order valence-corrected chi connectivity index (χ2v) is 9.38. The van der Waals surface area contributed by atoms with Crippen molar-refractivity contribution in [1.82, 2.24) is 0 Å². The van der Waals surface area contributed by atoms with Gasteiger partial charge in [-0.05, 0) is 43.4 Å². The van der Waals surface area contributed by atoms with E-state index >= 15 is 0 Å². The zero-order valence-electron chi connectivity index (χ0n) is 17.7. The Bertz CT molecular complexity index is 924. The zero-order valence-corrected chi connectivity index (χ0v) is 18.5. The summed E-state index contributed by atoms with van der Waals surface area (Å²) in [5, 5.41) is 8.85. The lowest BCUT2D eigenvalue weighted by Gasteiger charge is -2.24. The second-order valence-electron chi connectivity index (χ2n) is 7.21. The summed E-state index contributed by atoms with van der Waals surface area (Å²) in [7, 11) is -0.973. The monoisotopic (exact) mass is 434 g/mol. The topological polar surface area (TPSA) is 89.9 Å². The molecule has 0 saturated carbocycles. The highest BCUT2D eigenvalue weighted by Crippen LogP contribution is 2.34. The van der Waals surface area contributed by atoms with E-state index in [-0.39, 0.29) is 11.3 Å². The van der Waals surface area contributed by atoms with Gasteiger partial charge in [0.2, 0.25) is 0 Å². The highest BCUT2D eigenvalue weighted by Gasteiger charge is 2.38. The van der Waals surface area contributed by atoms with Crippen LogP contribution in [0.2, 0.25) is 0 Å². The highest BCUT2D eigenvalue weighted by molar-refractivity contribution is 7.92. The third-order valence-electron chi connectivity index (χ3n) is 5.24. The Kier molecular flexibility index (Phi) is 8.72. The molecule has 0 saturated heterocycles. The van der Waals surface area contributed by atoms with E-state index in [0.29, 0.717) is 37.2 Å². The molecule has 0 radical (unpaired) electrons. The van der Waals surface area contributed by atoms with Gasteiger partial charge in [0, 0.05) is 6.07 Å². The average molecular weight is 435 g/mol. The molecule has 2 aromatic carbocycles. The standard InChI is InChI=1S/C23H30O6S/c1-4-9-22(19(23(24)25)13-8-12-17-10-6-5-7-11-17)30(26,27)18-14-15-20(28-2)21(16-18)29-3/h5-7,10-11,14-16,19,22H,4,8-9,12-13H2,1-3H3,(H,24,25). The summed E-state index contributed by atoms with van der Waals surface area (Å²) < 4.78 is 37.2. The summed E-state index contributed by atoms with van der Waals surface area (Å²) in [5.41, 5.74) is 1.11. The van der Waals surface area contributed by atoms with Crippen LogP contribution < -0.4 is 9.47 Å². The number of hydrogen-bond donors (Lipinski definition) is 1. The molecular formula is C23H30O6S. The Balaban J connectivity index is 2.29. The maximum absolute atomic E-state index is 13.4. The Hall–Kier alpha value is -2.54. The Morgan fingerprint density at radius 3 is 2.23 bits per heavy atom. The van der Waals surface area contributed by atoms with Crippen LogP contribution in [-0.4, -0.2) is 39.0 Å². The summed E-state index contributed by atoms with van der Waals surface area (Å²) in [5.74, 6) is -1.34. The first kappa shape index (κ1) is 23.7. The van der Waals surface area contributed by atoms with Crippen molar-refractivity contribution in [2.75, 3.05) is 14.2 Å². The molecule has 30 heavy (non-hydrogen) atoms. The molecule has 0 amide bonds. The molecule has 0 heterocycles. The first-order valence-electron chi connectivity index (χ1n) is 10.1. The third-order valence-corrected chi connectivity index (χ3v) is 7.52. The Labute approximate surface area is 178 Å². The number of carboxylic acids is 1. The molecule has 0 spiro atoms. The van der Waals surface area contributed by atoms with Crippen molar-refractivity contribution in [2.45, 2.75) is 49.2 Å². The number of ether oxygens (including phenoxy) is 2. The van der Waals surface area contributed by atoms with Crippen LogP contribution in [0.15, 0.2) is 53.4 Å². The summed E-state index contributed by atoms with van der Waals surface area (Å²) in [6, 6.07) is 14.1. The quantitative estimate of drug-likeness (QED) is 0.533. The van der Waals surface area contributed by atoms with E-state index in [1.807, 2.05) is 37.3 Å². The number of rotatable bonds is 12. The lowest BCUT2D eigenvalue weighted by Crippen LogP contribution is -2.35. The molecule has 2 unspecified atom stereocenters. The SMILES string of the molecule is CCCC(C(CCCc1ccccc1)C(=O)O)S(=O)(=O)c1ccc(OC)c(OC)c1. The summed E-state index contributed by atoms with van der Waals surface area (Å²) in [6.45, 7) is 1.86.